The summed E-state index contributed by atoms with van der Waals surface area (Å²) in [5.74, 6) is 0. The van der Waals surface area contributed by atoms with Gasteiger partial charge in [0, 0.05) is 26.2 Å². The number of hydrogen-bond donors (Lipinski definition) is 0. The van der Waals surface area contributed by atoms with Gasteiger partial charge in [-0.25, -0.2) is 0 Å². The number of piperidine rings is 1. The largest absolute Gasteiger partial charge is 0.378 e. The Morgan fingerprint density at radius 2 is 1.88 bits per heavy atom. The normalized spacial score (nSPS) is 16.7. The number of para-hydroxylation sites is 1. The number of unbranched alkanes of at least 4 members (excludes halogenated alkanes) is 2. The molecular weight excluding hydrogens is 332 g/mol. The molecular formula is C20H30N2O2S. The maximum Gasteiger partial charge on any atom is 0.308 e. The van der Waals surface area contributed by atoms with Crippen molar-refractivity contribution < 1.29 is 4.74 Å². The van der Waals surface area contributed by atoms with E-state index in [1.807, 2.05) is 22.8 Å². The van der Waals surface area contributed by atoms with Crippen molar-refractivity contribution in [2.24, 2.45) is 0 Å². The van der Waals surface area contributed by atoms with E-state index in [9.17, 15) is 4.79 Å². The molecule has 0 aliphatic carbocycles. The van der Waals surface area contributed by atoms with Crippen molar-refractivity contribution in [1.82, 2.24) is 9.47 Å². The molecule has 0 spiro atoms. The lowest BCUT2D eigenvalue weighted by Gasteiger charge is -2.31. The average molecular weight is 363 g/mol. The molecule has 25 heavy (non-hydrogen) atoms. The molecule has 1 aliphatic heterocycles. The zero-order valence-electron chi connectivity index (χ0n) is 15.3. The van der Waals surface area contributed by atoms with Crippen molar-refractivity contribution in [3.05, 3.63) is 33.9 Å². The second-order valence-corrected chi connectivity index (χ2v) is 7.95. The summed E-state index contributed by atoms with van der Waals surface area (Å²) in [6.45, 7) is 7.44. The molecule has 0 radical (unpaired) electrons. The van der Waals surface area contributed by atoms with Crippen molar-refractivity contribution in [2.45, 2.75) is 58.1 Å². The first-order valence-corrected chi connectivity index (χ1v) is 10.5. The van der Waals surface area contributed by atoms with E-state index >= 15 is 0 Å². The van der Waals surface area contributed by atoms with Gasteiger partial charge in [-0.05, 0) is 50.8 Å². The second kappa shape index (κ2) is 9.51. The summed E-state index contributed by atoms with van der Waals surface area (Å²) in [5.41, 5.74) is 1.09. The monoisotopic (exact) mass is 362 g/mol. The molecule has 2 aromatic rings. The van der Waals surface area contributed by atoms with Gasteiger partial charge >= 0.3 is 4.87 Å². The van der Waals surface area contributed by atoms with Crippen LogP contribution in [0, 0.1) is 0 Å². The molecule has 2 heterocycles. The molecule has 0 unspecified atom stereocenters. The van der Waals surface area contributed by atoms with Crippen LogP contribution >= 0.6 is 11.3 Å². The van der Waals surface area contributed by atoms with Gasteiger partial charge in [-0.2, -0.15) is 0 Å². The van der Waals surface area contributed by atoms with E-state index < -0.39 is 0 Å². The van der Waals surface area contributed by atoms with Gasteiger partial charge in [0.15, 0.2) is 0 Å². The SMILES string of the molecule is CCCOC1CCN(CCCCCn2c(=O)sc3ccccc32)CC1. The summed E-state index contributed by atoms with van der Waals surface area (Å²) in [7, 11) is 0. The fourth-order valence-corrected chi connectivity index (χ4v) is 4.51. The van der Waals surface area contributed by atoms with Gasteiger partial charge in [-0.3, -0.25) is 9.36 Å². The molecule has 1 saturated heterocycles. The Morgan fingerprint density at radius 1 is 1.12 bits per heavy atom. The van der Waals surface area contributed by atoms with Crippen LogP contribution in [0.15, 0.2) is 29.1 Å². The minimum absolute atomic E-state index is 0.176. The summed E-state index contributed by atoms with van der Waals surface area (Å²) < 4.78 is 8.89. The lowest BCUT2D eigenvalue weighted by molar-refractivity contribution is 0.00764. The van der Waals surface area contributed by atoms with Gasteiger partial charge < -0.3 is 9.64 Å². The zero-order chi connectivity index (χ0) is 17.5. The van der Waals surface area contributed by atoms with Crippen molar-refractivity contribution in [3.8, 4) is 0 Å². The highest BCUT2D eigenvalue weighted by Crippen LogP contribution is 2.18. The van der Waals surface area contributed by atoms with Crippen LogP contribution in [0.5, 0.6) is 0 Å². The first-order valence-electron chi connectivity index (χ1n) is 9.70. The molecule has 1 aliphatic rings. The molecule has 0 amide bonds. The summed E-state index contributed by atoms with van der Waals surface area (Å²) in [4.78, 5) is 14.9. The van der Waals surface area contributed by atoms with Crippen LogP contribution in [-0.2, 0) is 11.3 Å². The second-order valence-electron chi connectivity index (χ2n) is 6.96. The van der Waals surface area contributed by atoms with Crippen molar-refractivity contribution in [3.63, 3.8) is 0 Å². The van der Waals surface area contributed by atoms with Crippen molar-refractivity contribution in [1.29, 1.82) is 0 Å². The number of ether oxygens (including phenoxy) is 1. The number of likely N-dealkylation sites (tertiary alicyclic amines) is 1. The fraction of sp³-hybridized carbons (Fsp3) is 0.650. The van der Waals surface area contributed by atoms with Crippen LogP contribution in [-0.4, -0.2) is 41.8 Å². The van der Waals surface area contributed by atoms with Crippen LogP contribution in [0.25, 0.3) is 10.2 Å². The van der Waals surface area contributed by atoms with E-state index in [-0.39, 0.29) is 4.87 Å². The highest BCUT2D eigenvalue weighted by molar-refractivity contribution is 7.16. The molecule has 1 aromatic carbocycles. The third-order valence-corrected chi connectivity index (χ3v) is 5.98. The van der Waals surface area contributed by atoms with Gasteiger partial charge in [-0.1, -0.05) is 36.8 Å². The average Bonchev–Trinajstić information content (AvgIpc) is 2.96. The molecule has 1 aromatic heterocycles. The minimum atomic E-state index is 0.176. The summed E-state index contributed by atoms with van der Waals surface area (Å²) in [5, 5.41) is 0. The zero-order valence-corrected chi connectivity index (χ0v) is 16.1. The Hall–Kier alpha value is -1.17. The maximum absolute atomic E-state index is 12.1. The summed E-state index contributed by atoms with van der Waals surface area (Å²) in [6, 6.07) is 8.10. The highest BCUT2D eigenvalue weighted by Gasteiger charge is 2.18. The van der Waals surface area contributed by atoms with Gasteiger partial charge in [0.25, 0.3) is 0 Å². The Kier molecular flexibility index (Phi) is 7.08. The van der Waals surface area contributed by atoms with Crippen LogP contribution < -0.4 is 4.87 Å². The Morgan fingerprint density at radius 3 is 2.68 bits per heavy atom. The third kappa shape index (κ3) is 5.16. The Bertz CT molecular complexity index is 701. The van der Waals surface area contributed by atoms with E-state index in [0.29, 0.717) is 6.10 Å². The topological polar surface area (TPSA) is 34.5 Å². The number of rotatable bonds is 9. The molecule has 0 saturated carbocycles. The van der Waals surface area contributed by atoms with Gasteiger partial charge in [0.05, 0.1) is 16.3 Å². The number of benzene rings is 1. The van der Waals surface area contributed by atoms with E-state index in [0.717, 1.165) is 36.2 Å². The van der Waals surface area contributed by atoms with Crippen molar-refractivity contribution >= 4 is 21.6 Å². The summed E-state index contributed by atoms with van der Waals surface area (Å²) >= 11 is 1.36. The molecule has 0 bridgehead atoms. The van der Waals surface area contributed by atoms with E-state index in [4.69, 9.17) is 4.74 Å². The van der Waals surface area contributed by atoms with Crippen LogP contribution in [0.1, 0.15) is 45.4 Å². The number of thiazole rings is 1. The number of aromatic nitrogens is 1. The van der Waals surface area contributed by atoms with Crippen LogP contribution in [0.2, 0.25) is 0 Å². The Labute approximate surface area is 154 Å². The number of nitrogens with zero attached hydrogens (tertiary/aromatic N) is 2. The van der Waals surface area contributed by atoms with Gasteiger partial charge in [0.1, 0.15) is 0 Å². The lowest BCUT2D eigenvalue weighted by atomic mass is 10.1. The fourth-order valence-electron chi connectivity index (χ4n) is 3.59. The molecule has 138 valence electrons. The standard InChI is InChI=1S/C20H30N2O2S/c1-2-16-24-17-10-14-21(15-11-17)12-6-3-7-13-22-18-8-4-5-9-19(18)25-20(22)23/h4-5,8-9,17H,2-3,6-7,10-16H2,1H3. The van der Waals surface area contributed by atoms with Gasteiger partial charge in [-0.15, -0.1) is 0 Å². The van der Waals surface area contributed by atoms with E-state index in [1.165, 1.54) is 56.7 Å². The quantitative estimate of drug-likeness (QED) is 0.629. The van der Waals surface area contributed by atoms with Crippen LogP contribution in [0.3, 0.4) is 0 Å². The predicted octanol–water partition coefficient (Wildman–Crippen LogP) is 4.12. The first kappa shape index (κ1) is 18.6. The maximum atomic E-state index is 12.1. The molecule has 4 nitrogen and oxygen atoms in total. The molecule has 3 rings (SSSR count). The molecule has 5 heteroatoms. The number of hydrogen-bond acceptors (Lipinski definition) is 4. The number of aryl methyl sites for hydroxylation is 1. The van der Waals surface area contributed by atoms with Crippen molar-refractivity contribution in [2.75, 3.05) is 26.2 Å². The predicted molar refractivity (Wildman–Crippen MR) is 106 cm³/mol. The van der Waals surface area contributed by atoms with E-state index in [1.54, 1.807) is 0 Å². The molecule has 0 N–H and O–H groups in total. The summed E-state index contributed by atoms with van der Waals surface area (Å²) in [6.07, 6.45) is 7.43. The van der Waals surface area contributed by atoms with E-state index in [2.05, 4.69) is 17.9 Å². The molecule has 1 fully saturated rings. The lowest BCUT2D eigenvalue weighted by Crippen LogP contribution is -2.37. The molecule has 0 atom stereocenters. The number of fused-ring (bicyclic) bond motifs is 1. The minimum Gasteiger partial charge on any atom is -0.378 e. The van der Waals surface area contributed by atoms with Crippen LogP contribution in [0.4, 0.5) is 0 Å². The Balaban J connectivity index is 1.34. The first-order chi connectivity index (χ1) is 12.3. The smallest absolute Gasteiger partial charge is 0.308 e. The van der Waals surface area contributed by atoms with Gasteiger partial charge in [0.2, 0.25) is 0 Å². The highest BCUT2D eigenvalue weighted by atomic mass is 32.1. The third-order valence-electron chi connectivity index (χ3n) is 5.02.